The number of guanidine groups is 1. The van der Waals surface area contributed by atoms with Crippen LogP contribution in [-0.4, -0.2) is 47.7 Å². The fourth-order valence-electron chi connectivity index (χ4n) is 2.59. The van der Waals surface area contributed by atoms with Gasteiger partial charge >= 0.3 is 6.18 Å². The molecule has 0 aliphatic heterocycles. The molecule has 0 bridgehead atoms. The number of nitrogens with zero attached hydrogens (tertiary/aromatic N) is 3. The molecule has 3 aromatic rings. The molecule has 1 heterocycles. The maximum Gasteiger partial charge on any atom is 0.405 e. The zero-order valence-electron chi connectivity index (χ0n) is 16.1. The van der Waals surface area contributed by atoms with E-state index in [-0.39, 0.29) is 17.4 Å². The summed E-state index contributed by atoms with van der Waals surface area (Å²) in [6, 6.07) is 9.17. The van der Waals surface area contributed by atoms with Crippen molar-refractivity contribution in [2.45, 2.75) is 6.18 Å². The third kappa shape index (κ3) is 5.51. The third-order valence-electron chi connectivity index (χ3n) is 4.14. The molecule has 0 aliphatic rings. The van der Waals surface area contributed by atoms with Crippen LogP contribution in [0.2, 0.25) is 5.02 Å². The van der Waals surface area contributed by atoms with Crippen molar-refractivity contribution in [3.05, 3.63) is 58.7 Å². The van der Waals surface area contributed by atoms with Gasteiger partial charge in [0.05, 0.1) is 22.4 Å². The number of H-pyrrole nitrogens is 1. The Morgan fingerprint density at radius 3 is 2.52 bits per heavy atom. The van der Waals surface area contributed by atoms with Crippen LogP contribution in [0.5, 0.6) is 0 Å². The summed E-state index contributed by atoms with van der Waals surface area (Å²) in [4.78, 5) is 20.0. The molecule has 1 amide bonds. The fraction of sp³-hybridized carbons (Fsp3) is 0.158. The van der Waals surface area contributed by atoms with E-state index in [2.05, 4.69) is 25.5 Å². The number of aromatic nitrogens is 2. The van der Waals surface area contributed by atoms with Gasteiger partial charge in [0, 0.05) is 23.6 Å². The molecule has 162 valence electrons. The lowest BCUT2D eigenvalue weighted by molar-refractivity contribution is -0.123. The van der Waals surface area contributed by atoms with Crippen molar-refractivity contribution in [2.24, 2.45) is 15.7 Å². The van der Waals surface area contributed by atoms with E-state index < -0.39 is 18.6 Å². The Labute approximate surface area is 179 Å². The highest BCUT2D eigenvalue weighted by molar-refractivity contribution is 6.38. The van der Waals surface area contributed by atoms with E-state index in [9.17, 15) is 18.0 Å². The lowest BCUT2D eigenvalue weighted by atomic mass is 10.1. The lowest BCUT2D eigenvalue weighted by Gasteiger charge is -2.10. The standard InChI is InChI=1S/C19H17ClF3N7O/c1-25-18(28-14-7-6-13-12(15(14)20)8-27-30-13)29-16(24)10-2-4-11(5-3-10)17(31)26-9-19(21,22)23/h2-8H,9H2,1H3,(H,26,31)(H,27,30)(H3,24,25,28,29). The molecule has 0 radical (unpaired) electrons. The summed E-state index contributed by atoms with van der Waals surface area (Å²) in [5.41, 5.74) is 7.84. The molecule has 8 nitrogen and oxygen atoms in total. The number of carbonyl (C=O) groups is 1. The van der Waals surface area contributed by atoms with Gasteiger partial charge in [0.15, 0.2) is 0 Å². The van der Waals surface area contributed by atoms with Crippen LogP contribution in [-0.2, 0) is 0 Å². The second-order valence-corrected chi connectivity index (χ2v) is 6.68. The van der Waals surface area contributed by atoms with Crippen molar-refractivity contribution in [3.63, 3.8) is 0 Å². The number of aliphatic imine (C=N–C) groups is 2. The van der Waals surface area contributed by atoms with Crippen molar-refractivity contribution in [2.75, 3.05) is 18.9 Å². The molecular formula is C19H17ClF3N7O. The Balaban J connectivity index is 1.72. The van der Waals surface area contributed by atoms with Crippen LogP contribution in [0.1, 0.15) is 15.9 Å². The molecule has 1 aromatic heterocycles. The summed E-state index contributed by atoms with van der Waals surface area (Å²) < 4.78 is 36.7. The normalized spacial score (nSPS) is 12.8. The summed E-state index contributed by atoms with van der Waals surface area (Å²) in [6.45, 7) is -1.41. The first-order valence-corrected chi connectivity index (χ1v) is 9.20. The smallest absolute Gasteiger partial charge is 0.383 e. The van der Waals surface area contributed by atoms with Crippen LogP contribution in [0.25, 0.3) is 10.9 Å². The zero-order chi connectivity index (χ0) is 22.6. The number of halogens is 4. The molecule has 0 saturated heterocycles. The average molecular weight is 452 g/mol. The Kier molecular flexibility index (Phi) is 6.44. The number of anilines is 1. The number of hydrogen-bond donors (Lipinski definition) is 4. The SMILES string of the molecule is CN=C(N=C(N)c1ccc(C(=O)NCC(F)(F)F)cc1)Nc1ccc2[nH]ncc2c1Cl. The molecule has 3 rings (SSSR count). The van der Waals surface area contributed by atoms with Gasteiger partial charge < -0.3 is 16.4 Å². The third-order valence-corrected chi connectivity index (χ3v) is 4.54. The Morgan fingerprint density at radius 2 is 1.87 bits per heavy atom. The minimum absolute atomic E-state index is 0.0588. The molecule has 0 spiro atoms. The van der Waals surface area contributed by atoms with Gasteiger partial charge in [-0.2, -0.15) is 23.3 Å². The summed E-state index contributed by atoms with van der Waals surface area (Å²) in [5, 5.41) is 12.7. The number of benzene rings is 2. The molecule has 31 heavy (non-hydrogen) atoms. The van der Waals surface area contributed by atoms with E-state index >= 15 is 0 Å². The number of amides is 1. The largest absolute Gasteiger partial charge is 0.405 e. The molecule has 0 unspecified atom stereocenters. The predicted octanol–water partition coefficient (Wildman–Crippen LogP) is 3.31. The van der Waals surface area contributed by atoms with Crippen LogP contribution in [0.4, 0.5) is 18.9 Å². The fourth-order valence-corrected chi connectivity index (χ4v) is 2.85. The van der Waals surface area contributed by atoms with Gasteiger partial charge in [-0.15, -0.1) is 0 Å². The van der Waals surface area contributed by atoms with Crippen molar-refractivity contribution in [1.82, 2.24) is 15.5 Å². The summed E-state index contributed by atoms with van der Waals surface area (Å²) in [6.07, 6.45) is -2.89. The van der Waals surface area contributed by atoms with E-state index in [1.54, 1.807) is 23.6 Å². The number of amidine groups is 1. The quantitative estimate of drug-likeness (QED) is 0.359. The van der Waals surface area contributed by atoms with Crippen LogP contribution in [0.15, 0.2) is 52.6 Å². The summed E-state index contributed by atoms with van der Waals surface area (Å²) in [7, 11) is 1.51. The number of nitrogens with one attached hydrogen (secondary N) is 3. The van der Waals surface area contributed by atoms with Gasteiger partial charge in [0.1, 0.15) is 12.4 Å². The van der Waals surface area contributed by atoms with Gasteiger partial charge in [-0.25, -0.2) is 0 Å². The van der Waals surface area contributed by atoms with E-state index in [1.807, 2.05) is 0 Å². The zero-order valence-corrected chi connectivity index (χ0v) is 16.8. The number of aromatic amines is 1. The summed E-state index contributed by atoms with van der Waals surface area (Å²) >= 11 is 6.37. The molecule has 12 heteroatoms. The topological polar surface area (TPSA) is 121 Å². The molecular weight excluding hydrogens is 435 g/mol. The Bertz CT molecular complexity index is 1150. The van der Waals surface area contributed by atoms with Gasteiger partial charge in [-0.1, -0.05) is 23.7 Å². The number of rotatable bonds is 4. The molecule has 0 fully saturated rings. The minimum atomic E-state index is -4.49. The van der Waals surface area contributed by atoms with Crippen molar-refractivity contribution in [1.29, 1.82) is 0 Å². The maximum atomic E-state index is 12.2. The molecule has 5 N–H and O–H groups in total. The molecule has 0 atom stereocenters. The molecule has 0 aliphatic carbocycles. The summed E-state index contributed by atoms with van der Waals surface area (Å²) in [5.74, 6) is -0.591. The average Bonchev–Trinajstić information content (AvgIpc) is 3.22. The molecule has 2 aromatic carbocycles. The Morgan fingerprint density at radius 1 is 1.19 bits per heavy atom. The minimum Gasteiger partial charge on any atom is -0.383 e. The van der Waals surface area contributed by atoms with Gasteiger partial charge in [0.2, 0.25) is 5.96 Å². The van der Waals surface area contributed by atoms with Crippen molar-refractivity contribution >= 4 is 45.9 Å². The highest BCUT2D eigenvalue weighted by Gasteiger charge is 2.27. The predicted molar refractivity (Wildman–Crippen MR) is 114 cm³/mol. The number of fused-ring (bicyclic) bond motifs is 1. The number of alkyl halides is 3. The highest BCUT2D eigenvalue weighted by Crippen LogP contribution is 2.29. The van der Waals surface area contributed by atoms with Crippen molar-refractivity contribution in [3.8, 4) is 0 Å². The number of nitrogens with two attached hydrogens (primary N) is 1. The number of hydrogen-bond acceptors (Lipinski definition) is 3. The van der Waals surface area contributed by atoms with Gasteiger partial charge in [-0.05, 0) is 24.3 Å². The first-order valence-electron chi connectivity index (χ1n) is 8.83. The van der Waals surface area contributed by atoms with Crippen LogP contribution < -0.4 is 16.4 Å². The second-order valence-electron chi connectivity index (χ2n) is 6.30. The van der Waals surface area contributed by atoms with Crippen LogP contribution in [0.3, 0.4) is 0 Å². The second kappa shape index (κ2) is 9.04. The van der Waals surface area contributed by atoms with Crippen LogP contribution >= 0.6 is 11.6 Å². The first-order chi connectivity index (χ1) is 14.7. The lowest BCUT2D eigenvalue weighted by Crippen LogP contribution is -2.33. The van der Waals surface area contributed by atoms with Crippen LogP contribution in [0, 0.1) is 0 Å². The Hall–Kier alpha value is -3.60. The number of carbonyl (C=O) groups excluding carboxylic acids is 1. The highest BCUT2D eigenvalue weighted by atomic mass is 35.5. The van der Waals surface area contributed by atoms with E-state index in [0.717, 1.165) is 10.9 Å². The van der Waals surface area contributed by atoms with Gasteiger partial charge in [-0.3, -0.25) is 14.9 Å². The maximum absolute atomic E-state index is 12.2. The van der Waals surface area contributed by atoms with E-state index in [1.165, 1.54) is 31.3 Å². The van der Waals surface area contributed by atoms with Gasteiger partial charge in [0.25, 0.3) is 5.91 Å². The van der Waals surface area contributed by atoms with Crippen molar-refractivity contribution < 1.29 is 18.0 Å². The monoisotopic (exact) mass is 451 g/mol. The van der Waals surface area contributed by atoms with E-state index in [0.29, 0.717) is 16.3 Å². The van der Waals surface area contributed by atoms with E-state index in [4.69, 9.17) is 17.3 Å². The molecule has 0 saturated carbocycles. The first kappa shape index (κ1) is 22.1.